The summed E-state index contributed by atoms with van der Waals surface area (Å²) in [7, 11) is 0. The van der Waals surface area contributed by atoms with Crippen LogP contribution in [0.2, 0.25) is 0 Å². The Kier molecular flexibility index (Phi) is 4.97. The monoisotopic (exact) mass is 280 g/mol. The molecule has 0 aromatic carbocycles. The fourth-order valence-electron chi connectivity index (χ4n) is 2.20. The predicted molar refractivity (Wildman–Crippen MR) is 72.2 cm³/mol. The van der Waals surface area contributed by atoms with E-state index in [-0.39, 0.29) is 6.42 Å². The van der Waals surface area contributed by atoms with Crippen molar-refractivity contribution in [2.24, 2.45) is 5.92 Å². The van der Waals surface area contributed by atoms with Crippen LogP contribution >= 0.6 is 0 Å². The highest BCUT2D eigenvalue weighted by molar-refractivity contribution is 5.82. The normalized spacial score (nSPS) is 16.2. The van der Waals surface area contributed by atoms with Crippen LogP contribution in [0.15, 0.2) is 12.5 Å². The molecule has 1 saturated carbocycles. The third kappa shape index (κ3) is 4.25. The zero-order valence-electron chi connectivity index (χ0n) is 11.3. The van der Waals surface area contributed by atoms with Gasteiger partial charge in [0, 0.05) is 24.9 Å². The Hall–Kier alpha value is -2.05. The van der Waals surface area contributed by atoms with Crippen molar-refractivity contribution in [3.63, 3.8) is 0 Å². The highest BCUT2D eigenvalue weighted by Gasteiger charge is 2.21. The standard InChI is InChI=1S/C13H20N4O3/c18-12(19)11(6-10-7-14-8-16-10)17-13(20)15-5-4-9-2-1-3-9/h7-9,11H,1-6H2,(H,14,16)(H,18,19)(H2,15,17,20). The molecular formula is C13H20N4O3. The van der Waals surface area contributed by atoms with Crippen LogP contribution in [-0.4, -0.2) is 39.7 Å². The Morgan fingerprint density at radius 3 is 2.85 bits per heavy atom. The summed E-state index contributed by atoms with van der Waals surface area (Å²) in [6, 6.07) is -1.39. The van der Waals surface area contributed by atoms with Crippen LogP contribution in [0, 0.1) is 5.92 Å². The van der Waals surface area contributed by atoms with Gasteiger partial charge in [-0.1, -0.05) is 19.3 Å². The molecule has 1 unspecified atom stereocenters. The van der Waals surface area contributed by atoms with E-state index in [1.54, 1.807) is 6.20 Å². The minimum Gasteiger partial charge on any atom is -0.480 e. The number of rotatable bonds is 7. The molecule has 0 spiro atoms. The second-order valence-corrected chi connectivity index (χ2v) is 5.16. The fourth-order valence-corrected chi connectivity index (χ4v) is 2.20. The first-order valence-electron chi connectivity index (χ1n) is 6.89. The molecular weight excluding hydrogens is 260 g/mol. The molecule has 110 valence electrons. The number of aliphatic carboxylic acids is 1. The first-order chi connectivity index (χ1) is 9.65. The molecule has 1 heterocycles. The van der Waals surface area contributed by atoms with E-state index in [2.05, 4.69) is 20.6 Å². The molecule has 2 amide bonds. The summed E-state index contributed by atoms with van der Waals surface area (Å²) in [6.45, 7) is 0.590. The van der Waals surface area contributed by atoms with Crippen LogP contribution in [-0.2, 0) is 11.2 Å². The Balaban J connectivity index is 1.72. The number of nitrogens with zero attached hydrogens (tertiary/aromatic N) is 1. The summed E-state index contributed by atoms with van der Waals surface area (Å²) >= 11 is 0. The van der Waals surface area contributed by atoms with E-state index in [0.29, 0.717) is 12.2 Å². The number of amides is 2. The van der Waals surface area contributed by atoms with Gasteiger partial charge in [-0.15, -0.1) is 0 Å². The first kappa shape index (κ1) is 14.4. The second-order valence-electron chi connectivity index (χ2n) is 5.16. The van der Waals surface area contributed by atoms with Crippen LogP contribution in [0.4, 0.5) is 4.79 Å². The maximum absolute atomic E-state index is 11.7. The molecule has 7 heteroatoms. The lowest BCUT2D eigenvalue weighted by atomic mass is 9.83. The summed E-state index contributed by atoms with van der Waals surface area (Å²) in [6.07, 6.45) is 7.93. The lowest BCUT2D eigenvalue weighted by molar-refractivity contribution is -0.139. The number of hydrogen-bond acceptors (Lipinski definition) is 3. The van der Waals surface area contributed by atoms with Crippen LogP contribution in [0.25, 0.3) is 0 Å². The van der Waals surface area contributed by atoms with E-state index in [4.69, 9.17) is 5.11 Å². The number of nitrogens with one attached hydrogen (secondary N) is 3. The van der Waals surface area contributed by atoms with Gasteiger partial charge in [-0.25, -0.2) is 14.6 Å². The van der Waals surface area contributed by atoms with Gasteiger partial charge < -0.3 is 20.7 Å². The van der Waals surface area contributed by atoms with Gasteiger partial charge in [0.1, 0.15) is 6.04 Å². The summed E-state index contributed by atoms with van der Waals surface area (Å²) in [4.78, 5) is 29.4. The molecule has 0 saturated heterocycles. The minimum atomic E-state index is -1.06. The molecule has 1 atom stereocenters. The average molecular weight is 280 g/mol. The Labute approximate surface area is 117 Å². The van der Waals surface area contributed by atoms with Gasteiger partial charge in [-0.2, -0.15) is 0 Å². The molecule has 2 rings (SSSR count). The lowest BCUT2D eigenvalue weighted by Crippen LogP contribution is -2.47. The molecule has 1 aromatic heterocycles. The molecule has 0 aliphatic heterocycles. The summed E-state index contributed by atoms with van der Waals surface area (Å²) < 4.78 is 0. The quantitative estimate of drug-likeness (QED) is 0.595. The largest absolute Gasteiger partial charge is 0.480 e. The van der Waals surface area contributed by atoms with Crippen LogP contribution < -0.4 is 10.6 Å². The molecule has 20 heavy (non-hydrogen) atoms. The smallest absolute Gasteiger partial charge is 0.326 e. The van der Waals surface area contributed by atoms with E-state index >= 15 is 0 Å². The molecule has 0 radical (unpaired) electrons. The minimum absolute atomic E-state index is 0.186. The number of urea groups is 1. The first-order valence-corrected chi connectivity index (χ1v) is 6.89. The Bertz CT molecular complexity index is 442. The van der Waals surface area contributed by atoms with E-state index in [0.717, 1.165) is 12.3 Å². The number of hydrogen-bond donors (Lipinski definition) is 4. The summed E-state index contributed by atoms with van der Waals surface area (Å²) in [5.41, 5.74) is 0.673. The van der Waals surface area contributed by atoms with Crippen molar-refractivity contribution in [2.45, 2.75) is 38.1 Å². The van der Waals surface area contributed by atoms with Crippen LogP contribution in [0.1, 0.15) is 31.4 Å². The zero-order valence-corrected chi connectivity index (χ0v) is 11.3. The van der Waals surface area contributed by atoms with Crippen molar-refractivity contribution in [3.05, 3.63) is 18.2 Å². The van der Waals surface area contributed by atoms with Gasteiger partial charge in [-0.3, -0.25) is 0 Å². The molecule has 1 aromatic rings. The van der Waals surface area contributed by atoms with Gasteiger partial charge in [0.2, 0.25) is 0 Å². The molecule has 1 fully saturated rings. The molecule has 0 bridgehead atoms. The highest BCUT2D eigenvalue weighted by atomic mass is 16.4. The van der Waals surface area contributed by atoms with Gasteiger partial charge in [0.25, 0.3) is 0 Å². The van der Waals surface area contributed by atoms with E-state index in [1.807, 2.05) is 0 Å². The van der Waals surface area contributed by atoms with Crippen molar-refractivity contribution in [2.75, 3.05) is 6.54 Å². The van der Waals surface area contributed by atoms with Gasteiger partial charge in [-0.05, 0) is 12.3 Å². The topological polar surface area (TPSA) is 107 Å². The molecule has 7 nitrogen and oxygen atoms in total. The maximum Gasteiger partial charge on any atom is 0.326 e. The number of carboxylic acid groups (broad SMARTS) is 1. The Morgan fingerprint density at radius 2 is 2.30 bits per heavy atom. The number of carbonyl (C=O) groups excluding carboxylic acids is 1. The Morgan fingerprint density at radius 1 is 1.50 bits per heavy atom. The number of aromatic amines is 1. The van der Waals surface area contributed by atoms with Crippen molar-refractivity contribution in [1.82, 2.24) is 20.6 Å². The highest BCUT2D eigenvalue weighted by Crippen LogP contribution is 2.28. The van der Waals surface area contributed by atoms with Crippen molar-refractivity contribution in [3.8, 4) is 0 Å². The number of carbonyl (C=O) groups is 2. The number of imidazole rings is 1. The third-order valence-electron chi connectivity index (χ3n) is 3.65. The van der Waals surface area contributed by atoms with Crippen LogP contribution in [0.3, 0.4) is 0 Å². The summed E-state index contributed by atoms with van der Waals surface area (Å²) in [5, 5.41) is 14.3. The SMILES string of the molecule is O=C(NCCC1CCC1)NC(Cc1cnc[nH]1)C(=O)O. The number of aromatic nitrogens is 2. The van der Waals surface area contributed by atoms with Crippen molar-refractivity contribution < 1.29 is 14.7 Å². The maximum atomic E-state index is 11.7. The number of H-pyrrole nitrogens is 1. The third-order valence-corrected chi connectivity index (χ3v) is 3.65. The number of carboxylic acids is 1. The van der Waals surface area contributed by atoms with Gasteiger partial charge >= 0.3 is 12.0 Å². The van der Waals surface area contributed by atoms with Crippen molar-refractivity contribution >= 4 is 12.0 Å². The molecule has 4 N–H and O–H groups in total. The summed E-state index contributed by atoms with van der Waals surface area (Å²) in [5.74, 6) is -0.343. The zero-order chi connectivity index (χ0) is 14.4. The molecule has 1 aliphatic rings. The fraction of sp³-hybridized carbons (Fsp3) is 0.615. The van der Waals surface area contributed by atoms with Gasteiger partial charge in [0.15, 0.2) is 0 Å². The second kappa shape index (κ2) is 6.93. The van der Waals surface area contributed by atoms with E-state index in [1.165, 1.54) is 25.6 Å². The van der Waals surface area contributed by atoms with E-state index < -0.39 is 18.0 Å². The van der Waals surface area contributed by atoms with Crippen LogP contribution in [0.5, 0.6) is 0 Å². The molecule has 1 aliphatic carbocycles. The van der Waals surface area contributed by atoms with E-state index in [9.17, 15) is 9.59 Å². The average Bonchev–Trinajstić information content (AvgIpc) is 2.84. The predicted octanol–water partition coefficient (Wildman–Crippen LogP) is 0.895. The van der Waals surface area contributed by atoms with Crippen molar-refractivity contribution in [1.29, 1.82) is 0 Å². The lowest BCUT2D eigenvalue weighted by Gasteiger charge is -2.25. The van der Waals surface area contributed by atoms with Gasteiger partial charge in [0.05, 0.1) is 6.33 Å².